The van der Waals surface area contributed by atoms with Crippen LogP contribution in [0, 0.1) is 0 Å². The maximum atomic E-state index is 13.7. The van der Waals surface area contributed by atoms with Crippen LogP contribution in [0.25, 0.3) is 21.9 Å². The van der Waals surface area contributed by atoms with E-state index in [4.69, 9.17) is 9.47 Å². The fourth-order valence-electron chi connectivity index (χ4n) is 6.77. The largest absolute Gasteiger partial charge is 0.392 e. The summed E-state index contributed by atoms with van der Waals surface area (Å²) in [5.74, 6) is -0.214. The second kappa shape index (κ2) is 13.5. The summed E-state index contributed by atoms with van der Waals surface area (Å²) in [5, 5.41) is 10.5. The van der Waals surface area contributed by atoms with Gasteiger partial charge in [0.05, 0.1) is 48.2 Å². The average Bonchev–Trinajstić information content (AvgIpc) is 3.57. The van der Waals surface area contributed by atoms with E-state index in [0.29, 0.717) is 23.3 Å². The van der Waals surface area contributed by atoms with Gasteiger partial charge in [-0.3, -0.25) is 9.71 Å². The van der Waals surface area contributed by atoms with Gasteiger partial charge in [0, 0.05) is 28.8 Å². The lowest BCUT2D eigenvalue weighted by atomic mass is 9.83. The van der Waals surface area contributed by atoms with Gasteiger partial charge < -0.3 is 19.1 Å². The summed E-state index contributed by atoms with van der Waals surface area (Å²) in [5.41, 5.74) is 6.11. The lowest BCUT2D eigenvalue weighted by Crippen LogP contribution is -2.39. The Bertz CT molecular complexity index is 2380. The van der Waals surface area contributed by atoms with Crippen molar-refractivity contribution in [3.63, 3.8) is 0 Å². The zero-order valence-electron chi connectivity index (χ0n) is 26.9. The van der Waals surface area contributed by atoms with Crippen LogP contribution in [-0.2, 0) is 32.6 Å². The third-order valence-electron chi connectivity index (χ3n) is 9.17. The van der Waals surface area contributed by atoms with E-state index in [0.717, 1.165) is 33.1 Å². The van der Waals surface area contributed by atoms with Gasteiger partial charge in [0.25, 0.3) is 10.0 Å². The van der Waals surface area contributed by atoms with Crippen molar-refractivity contribution < 1.29 is 23.0 Å². The fraction of sp³-hybridized carbons (Fsp3) is 0.150. The monoisotopic (exact) mass is 682 g/mol. The topological polar surface area (TPSA) is 116 Å². The van der Waals surface area contributed by atoms with E-state index in [2.05, 4.69) is 31.4 Å². The van der Waals surface area contributed by atoms with Crippen molar-refractivity contribution in [2.75, 3.05) is 4.72 Å². The van der Waals surface area contributed by atoms with Crippen molar-refractivity contribution in [3.8, 4) is 0 Å². The number of rotatable bonds is 9. The van der Waals surface area contributed by atoms with E-state index < -0.39 is 22.4 Å². The van der Waals surface area contributed by atoms with Crippen LogP contribution in [0.5, 0.6) is 0 Å². The van der Waals surface area contributed by atoms with Gasteiger partial charge in [-0.25, -0.2) is 13.4 Å². The number of anilines is 1. The highest BCUT2D eigenvalue weighted by atomic mass is 32.2. The summed E-state index contributed by atoms with van der Waals surface area (Å²) < 4.78 is 46.0. The first-order chi connectivity index (χ1) is 24.5. The number of ether oxygens (including phenoxy) is 2. The van der Waals surface area contributed by atoms with Crippen molar-refractivity contribution >= 4 is 37.6 Å². The van der Waals surface area contributed by atoms with Crippen molar-refractivity contribution in [1.29, 1.82) is 0 Å². The molecule has 50 heavy (non-hydrogen) atoms. The van der Waals surface area contributed by atoms with E-state index in [1.54, 1.807) is 42.6 Å². The molecule has 8 rings (SSSR count). The number of nitrogens with zero attached hydrogens (tertiary/aromatic N) is 3. The Balaban J connectivity index is 1.18. The number of para-hydroxylation sites is 3. The predicted octanol–water partition coefficient (Wildman–Crippen LogP) is 7.52. The lowest BCUT2D eigenvalue weighted by Gasteiger charge is -2.43. The van der Waals surface area contributed by atoms with Crippen LogP contribution in [-0.4, -0.2) is 34.2 Å². The van der Waals surface area contributed by atoms with Crippen LogP contribution < -0.4 is 4.72 Å². The zero-order valence-corrected chi connectivity index (χ0v) is 27.7. The number of sulfonamides is 1. The van der Waals surface area contributed by atoms with E-state index in [1.165, 1.54) is 0 Å². The Kier molecular flexibility index (Phi) is 8.59. The summed E-state index contributed by atoms with van der Waals surface area (Å²) in [4.78, 5) is 9.06. The summed E-state index contributed by atoms with van der Waals surface area (Å²) in [6.45, 7) is 0.430. The molecule has 10 heteroatoms. The van der Waals surface area contributed by atoms with Crippen LogP contribution in [0.1, 0.15) is 40.6 Å². The van der Waals surface area contributed by atoms with Crippen LogP contribution in [0.3, 0.4) is 0 Å². The normalized spacial score (nSPS) is 19.5. The molecule has 0 radical (unpaired) electrons. The summed E-state index contributed by atoms with van der Waals surface area (Å²) in [6.07, 6.45) is 1.77. The molecule has 4 atom stereocenters. The van der Waals surface area contributed by atoms with Gasteiger partial charge in [0.2, 0.25) is 0 Å². The van der Waals surface area contributed by atoms with Crippen LogP contribution in [0.2, 0.25) is 0 Å². The Labute approximate surface area is 289 Å². The molecule has 1 fully saturated rings. The smallest absolute Gasteiger partial charge is 0.264 e. The predicted molar refractivity (Wildman–Crippen MR) is 192 cm³/mol. The van der Waals surface area contributed by atoms with Crippen molar-refractivity contribution in [3.05, 3.63) is 168 Å². The van der Waals surface area contributed by atoms with Gasteiger partial charge in [0.1, 0.15) is 4.90 Å². The second-order valence-corrected chi connectivity index (χ2v) is 14.0. The second-order valence-electron chi connectivity index (χ2n) is 12.3. The highest BCUT2D eigenvalue weighted by molar-refractivity contribution is 7.93. The highest BCUT2D eigenvalue weighted by Gasteiger charge is 2.42. The number of nitrogens with one attached hydrogen (secondary N) is 1. The number of imidazole rings is 1. The molecule has 1 unspecified atom stereocenters. The number of pyridine rings is 1. The average molecular weight is 683 g/mol. The first-order valence-corrected chi connectivity index (χ1v) is 17.9. The molecule has 3 heterocycles. The zero-order chi connectivity index (χ0) is 34.1. The number of aliphatic hydroxyl groups excluding tert-OH is 1. The number of benzene rings is 5. The van der Waals surface area contributed by atoms with Gasteiger partial charge in [-0.15, -0.1) is 0 Å². The number of hydrogen-bond acceptors (Lipinski definition) is 7. The molecule has 7 aromatic rings. The van der Waals surface area contributed by atoms with E-state index >= 15 is 0 Å². The molecule has 250 valence electrons. The van der Waals surface area contributed by atoms with Crippen molar-refractivity contribution in [2.24, 2.45) is 0 Å². The third-order valence-corrected chi connectivity index (χ3v) is 10.6. The number of fused-ring (bicyclic) bond motifs is 2. The quantitative estimate of drug-likeness (QED) is 0.162. The fourth-order valence-corrected chi connectivity index (χ4v) is 8.00. The maximum Gasteiger partial charge on any atom is 0.264 e. The number of aliphatic hydroxyl groups is 1. The summed E-state index contributed by atoms with van der Waals surface area (Å²) in [6, 6.07) is 41.8. The molecule has 1 saturated heterocycles. The van der Waals surface area contributed by atoms with Crippen molar-refractivity contribution in [2.45, 2.75) is 42.5 Å². The van der Waals surface area contributed by atoms with Gasteiger partial charge in [-0.2, -0.15) is 0 Å². The third kappa shape index (κ3) is 6.25. The van der Waals surface area contributed by atoms with E-state index in [9.17, 15) is 13.5 Å². The maximum absolute atomic E-state index is 13.7. The molecule has 0 saturated carbocycles. The molecular weight excluding hydrogens is 649 g/mol. The summed E-state index contributed by atoms with van der Waals surface area (Å²) in [7, 11) is -3.98. The molecule has 0 aliphatic carbocycles. The SMILES string of the molecule is O=S(=O)(Nc1cccc(C2O[C@H](Cn3cnc4ccccc43)[C@@H](c3ccccc3)[C@H](c3ccc(CO)cc3)O2)c1)c1cccc2cccnc12. The van der Waals surface area contributed by atoms with E-state index in [-0.39, 0.29) is 23.5 Å². The Morgan fingerprint density at radius 3 is 2.34 bits per heavy atom. The standard InChI is InChI=1S/C40H34N4O5S/c45-25-27-18-20-30(21-19-27)39-37(28-9-2-1-3-10-28)35(24-44-26-42-33-15-4-5-16-34(33)44)48-40(49-39)31-12-6-14-32(23-31)43-50(46,47)36-17-7-11-29-13-8-22-41-38(29)36/h1-23,26,35,37,39-40,43,45H,24-25H2/t35-,37-,39+,40?/m1/s1. The molecule has 0 amide bonds. The Morgan fingerprint density at radius 1 is 0.740 bits per heavy atom. The van der Waals surface area contributed by atoms with Gasteiger partial charge in [-0.05, 0) is 53.1 Å². The molecule has 1 aliphatic heterocycles. The molecule has 5 aromatic carbocycles. The summed E-state index contributed by atoms with van der Waals surface area (Å²) >= 11 is 0. The van der Waals surface area contributed by atoms with Gasteiger partial charge in [-0.1, -0.05) is 97.1 Å². The van der Waals surface area contributed by atoms with E-state index in [1.807, 2.05) is 91.3 Å². The molecule has 2 aromatic heterocycles. The molecule has 0 spiro atoms. The minimum Gasteiger partial charge on any atom is -0.392 e. The lowest BCUT2D eigenvalue weighted by molar-refractivity contribution is -0.263. The minimum atomic E-state index is -3.98. The first-order valence-electron chi connectivity index (χ1n) is 16.4. The van der Waals surface area contributed by atoms with Crippen molar-refractivity contribution in [1.82, 2.24) is 14.5 Å². The van der Waals surface area contributed by atoms with Crippen LogP contribution in [0.4, 0.5) is 5.69 Å². The highest BCUT2D eigenvalue weighted by Crippen LogP contribution is 2.47. The molecule has 1 aliphatic rings. The first kappa shape index (κ1) is 31.9. The van der Waals surface area contributed by atoms with Crippen LogP contribution in [0.15, 0.2) is 151 Å². The van der Waals surface area contributed by atoms with Gasteiger partial charge >= 0.3 is 0 Å². The molecule has 2 N–H and O–H groups in total. The number of aromatic nitrogens is 3. The molecule has 9 nitrogen and oxygen atoms in total. The number of hydrogen-bond donors (Lipinski definition) is 2. The molecule has 0 bridgehead atoms. The Morgan fingerprint density at radius 2 is 1.50 bits per heavy atom. The molecular formula is C40H34N4O5S. The minimum absolute atomic E-state index is 0.0620. The van der Waals surface area contributed by atoms with Gasteiger partial charge in [0.15, 0.2) is 6.29 Å². The Hall–Kier alpha value is -5.39. The van der Waals surface area contributed by atoms with Crippen LogP contribution >= 0.6 is 0 Å².